The third-order valence-corrected chi connectivity index (χ3v) is 3.08. The van der Waals surface area contributed by atoms with E-state index in [9.17, 15) is 0 Å². The van der Waals surface area contributed by atoms with Crippen LogP contribution in [-0.4, -0.2) is 5.11 Å². The smallest absolute Gasteiger partial charge is 0.185 e. The molecule has 0 saturated carbocycles. The molecule has 0 atom stereocenters. The molecule has 104 valence electrons. The van der Waals surface area contributed by atoms with E-state index in [2.05, 4.69) is 60.3 Å². The number of benzene rings is 2. The fourth-order valence-electron chi connectivity index (χ4n) is 2.00. The highest BCUT2D eigenvalue weighted by atomic mass is 32.1. The average molecular weight is 285 g/mol. The molecule has 4 heteroatoms. The van der Waals surface area contributed by atoms with Crippen molar-refractivity contribution >= 4 is 23.0 Å². The number of anilines is 1. The summed E-state index contributed by atoms with van der Waals surface area (Å²) in [5.74, 6) is 0. The van der Waals surface area contributed by atoms with Crippen LogP contribution in [0.15, 0.2) is 48.5 Å². The minimum atomic E-state index is 0.577. The summed E-state index contributed by atoms with van der Waals surface area (Å²) >= 11 is 5.23. The molecular formula is C16H19N3S. The molecule has 2 rings (SSSR count). The van der Waals surface area contributed by atoms with Crippen LogP contribution in [0, 0.1) is 13.8 Å². The van der Waals surface area contributed by atoms with Crippen molar-refractivity contribution in [2.24, 2.45) is 0 Å². The third-order valence-electron chi connectivity index (χ3n) is 2.84. The molecule has 0 aliphatic carbocycles. The highest BCUT2D eigenvalue weighted by molar-refractivity contribution is 7.80. The van der Waals surface area contributed by atoms with Gasteiger partial charge in [0.15, 0.2) is 5.11 Å². The molecule has 0 fully saturated rings. The van der Waals surface area contributed by atoms with Crippen molar-refractivity contribution in [3.05, 3.63) is 65.2 Å². The summed E-state index contributed by atoms with van der Waals surface area (Å²) in [6, 6.07) is 16.4. The Morgan fingerprint density at radius 2 is 1.65 bits per heavy atom. The molecule has 3 nitrogen and oxygen atoms in total. The second-order valence-electron chi connectivity index (χ2n) is 4.79. The van der Waals surface area contributed by atoms with Gasteiger partial charge in [-0.2, -0.15) is 0 Å². The van der Waals surface area contributed by atoms with Gasteiger partial charge in [-0.05, 0) is 54.9 Å². The molecular weight excluding hydrogens is 266 g/mol. The summed E-state index contributed by atoms with van der Waals surface area (Å²) in [6.07, 6.45) is 0. The molecule has 0 radical (unpaired) electrons. The van der Waals surface area contributed by atoms with Crippen LogP contribution in [0.1, 0.15) is 16.7 Å². The van der Waals surface area contributed by atoms with Gasteiger partial charge in [0.2, 0.25) is 0 Å². The van der Waals surface area contributed by atoms with Crippen LogP contribution in [0.2, 0.25) is 0 Å². The maximum absolute atomic E-state index is 5.23. The molecule has 0 aliphatic heterocycles. The number of aryl methyl sites for hydroxylation is 2. The van der Waals surface area contributed by atoms with E-state index in [1.807, 2.05) is 18.2 Å². The van der Waals surface area contributed by atoms with Crippen LogP contribution < -0.4 is 16.2 Å². The lowest BCUT2D eigenvalue weighted by Gasteiger charge is -2.13. The molecule has 0 heterocycles. The molecule has 20 heavy (non-hydrogen) atoms. The lowest BCUT2D eigenvalue weighted by Crippen LogP contribution is -2.38. The summed E-state index contributed by atoms with van der Waals surface area (Å²) in [5.41, 5.74) is 10.7. The van der Waals surface area contributed by atoms with Gasteiger partial charge in [0.05, 0.1) is 5.69 Å². The normalized spacial score (nSPS) is 9.90. The number of hydrogen-bond donors (Lipinski definition) is 3. The Kier molecular flexibility index (Phi) is 4.96. The molecule has 0 amide bonds. The zero-order valence-corrected chi connectivity index (χ0v) is 12.6. The van der Waals surface area contributed by atoms with Gasteiger partial charge in [-0.3, -0.25) is 10.9 Å². The predicted octanol–water partition coefficient (Wildman–Crippen LogP) is 3.29. The lowest BCUT2D eigenvalue weighted by molar-refractivity contribution is 0.886. The standard InChI is InChI=1S/C16H19N3S/c1-12-8-13(2)10-15(9-12)18-19-16(20)17-11-14-6-4-3-5-7-14/h3-10,18H,11H2,1-2H3,(H2,17,19,20). The Hall–Kier alpha value is -2.07. The molecule has 0 aromatic heterocycles. The monoisotopic (exact) mass is 285 g/mol. The lowest BCUT2D eigenvalue weighted by atomic mass is 10.1. The van der Waals surface area contributed by atoms with Crippen LogP contribution in [0.4, 0.5) is 5.69 Å². The van der Waals surface area contributed by atoms with E-state index >= 15 is 0 Å². The number of hydrogen-bond acceptors (Lipinski definition) is 2. The zero-order chi connectivity index (χ0) is 14.4. The van der Waals surface area contributed by atoms with Crippen LogP contribution in [0.3, 0.4) is 0 Å². The van der Waals surface area contributed by atoms with Gasteiger partial charge < -0.3 is 5.32 Å². The first-order chi connectivity index (χ1) is 9.63. The van der Waals surface area contributed by atoms with Gasteiger partial charge in [0.25, 0.3) is 0 Å². The summed E-state index contributed by atoms with van der Waals surface area (Å²) < 4.78 is 0. The highest BCUT2D eigenvalue weighted by Gasteiger charge is 1.98. The Morgan fingerprint density at radius 1 is 1.00 bits per heavy atom. The average Bonchev–Trinajstić information content (AvgIpc) is 2.43. The maximum Gasteiger partial charge on any atom is 0.185 e. The molecule has 3 N–H and O–H groups in total. The van der Waals surface area contributed by atoms with Crippen molar-refractivity contribution in [3.8, 4) is 0 Å². The SMILES string of the molecule is Cc1cc(C)cc(NNC(=S)NCc2ccccc2)c1. The van der Waals surface area contributed by atoms with E-state index < -0.39 is 0 Å². The van der Waals surface area contributed by atoms with Crippen molar-refractivity contribution in [2.75, 3.05) is 5.43 Å². The van der Waals surface area contributed by atoms with E-state index in [-0.39, 0.29) is 0 Å². The summed E-state index contributed by atoms with van der Waals surface area (Å²) in [6.45, 7) is 4.86. The Balaban J connectivity index is 1.80. The molecule has 0 spiro atoms. The Labute approximate surface area is 125 Å². The van der Waals surface area contributed by atoms with E-state index in [0.717, 1.165) is 5.69 Å². The van der Waals surface area contributed by atoms with Crippen molar-refractivity contribution in [1.29, 1.82) is 0 Å². The quantitative estimate of drug-likeness (QED) is 0.595. The van der Waals surface area contributed by atoms with Crippen LogP contribution >= 0.6 is 12.2 Å². The highest BCUT2D eigenvalue weighted by Crippen LogP contribution is 2.12. The summed E-state index contributed by atoms with van der Waals surface area (Å²) in [7, 11) is 0. The zero-order valence-electron chi connectivity index (χ0n) is 11.7. The van der Waals surface area contributed by atoms with Crippen molar-refractivity contribution in [2.45, 2.75) is 20.4 Å². The number of thiocarbonyl (C=S) groups is 1. The molecule has 0 unspecified atom stereocenters. The topological polar surface area (TPSA) is 36.1 Å². The van der Waals surface area contributed by atoms with Gasteiger partial charge in [0.1, 0.15) is 0 Å². The van der Waals surface area contributed by atoms with Gasteiger partial charge in [-0.25, -0.2) is 0 Å². The fraction of sp³-hybridized carbons (Fsp3) is 0.188. The van der Waals surface area contributed by atoms with E-state index in [1.54, 1.807) is 0 Å². The van der Waals surface area contributed by atoms with Crippen LogP contribution in [0.25, 0.3) is 0 Å². The number of nitrogens with one attached hydrogen (secondary N) is 3. The fourth-order valence-corrected chi connectivity index (χ4v) is 2.12. The van der Waals surface area contributed by atoms with Gasteiger partial charge in [-0.1, -0.05) is 36.4 Å². The molecule has 0 aliphatic rings. The maximum atomic E-state index is 5.23. The first-order valence-electron chi connectivity index (χ1n) is 6.55. The molecule has 0 bridgehead atoms. The second kappa shape index (κ2) is 6.91. The van der Waals surface area contributed by atoms with Crippen molar-refractivity contribution < 1.29 is 0 Å². The van der Waals surface area contributed by atoms with Gasteiger partial charge in [0, 0.05) is 6.54 Å². The Morgan fingerprint density at radius 3 is 2.30 bits per heavy atom. The largest absolute Gasteiger partial charge is 0.357 e. The van der Waals surface area contributed by atoms with Crippen molar-refractivity contribution in [1.82, 2.24) is 10.7 Å². The molecule has 2 aromatic carbocycles. The van der Waals surface area contributed by atoms with Crippen LogP contribution in [-0.2, 0) is 6.54 Å². The van der Waals surface area contributed by atoms with E-state index in [4.69, 9.17) is 12.2 Å². The first-order valence-corrected chi connectivity index (χ1v) is 6.96. The summed E-state index contributed by atoms with van der Waals surface area (Å²) in [4.78, 5) is 0. The number of rotatable bonds is 4. The Bertz CT molecular complexity index is 561. The van der Waals surface area contributed by atoms with Crippen molar-refractivity contribution in [3.63, 3.8) is 0 Å². The predicted molar refractivity (Wildman–Crippen MR) is 88.6 cm³/mol. The van der Waals surface area contributed by atoms with Gasteiger partial charge in [-0.15, -0.1) is 0 Å². The molecule has 2 aromatic rings. The van der Waals surface area contributed by atoms with E-state index in [0.29, 0.717) is 11.7 Å². The summed E-state index contributed by atoms with van der Waals surface area (Å²) in [5, 5.41) is 3.73. The molecule has 0 saturated heterocycles. The first kappa shape index (κ1) is 14.3. The number of hydrazine groups is 1. The second-order valence-corrected chi connectivity index (χ2v) is 5.20. The van der Waals surface area contributed by atoms with Gasteiger partial charge >= 0.3 is 0 Å². The van der Waals surface area contributed by atoms with Crippen LogP contribution in [0.5, 0.6) is 0 Å². The third kappa shape index (κ3) is 4.55. The van der Waals surface area contributed by atoms with E-state index in [1.165, 1.54) is 16.7 Å². The minimum absolute atomic E-state index is 0.577. The minimum Gasteiger partial charge on any atom is -0.357 e.